The van der Waals surface area contributed by atoms with Crippen molar-refractivity contribution in [2.45, 2.75) is 0 Å². The third-order valence-corrected chi connectivity index (χ3v) is 0.565. The third-order valence-electron chi connectivity index (χ3n) is 0.565. The van der Waals surface area contributed by atoms with E-state index in [0.717, 1.165) is 0 Å². The predicted octanol–water partition coefficient (Wildman–Crippen LogP) is -0.896. The van der Waals surface area contributed by atoms with Gasteiger partial charge in [-0.15, -0.1) is 0 Å². The lowest BCUT2D eigenvalue weighted by molar-refractivity contribution is -0.0456. The van der Waals surface area contributed by atoms with E-state index >= 15 is 0 Å². The first-order valence-electron chi connectivity index (χ1n) is 2.39. The van der Waals surface area contributed by atoms with Crippen molar-refractivity contribution in [3.05, 3.63) is 0 Å². The molecule has 0 fully saturated rings. The summed E-state index contributed by atoms with van der Waals surface area (Å²) < 4.78 is 4.53. The largest absolute Gasteiger partial charge is 0.371 e. The van der Waals surface area contributed by atoms with E-state index in [1.54, 1.807) is 7.05 Å². The molecule has 0 saturated heterocycles. The van der Waals surface area contributed by atoms with Crippen LogP contribution in [0.3, 0.4) is 0 Å². The number of hydrogen-bond donors (Lipinski definition) is 2. The van der Waals surface area contributed by atoms with Crippen molar-refractivity contribution in [2.75, 3.05) is 27.1 Å². The molecule has 0 spiro atoms. The minimum atomic E-state index is -0.243. The minimum absolute atomic E-state index is 0.243. The first-order valence-corrected chi connectivity index (χ1v) is 2.39. The smallest absolute Gasteiger partial charge is 0.143 e. The van der Waals surface area contributed by atoms with Gasteiger partial charge in [-0.05, 0) is 0 Å². The number of hydroxylamine groups is 1. The maximum absolute atomic E-state index is 8.07. The van der Waals surface area contributed by atoms with Crippen LogP contribution in [0.2, 0.25) is 0 Å². The number of ether oxygens (including phenoxy) is 1. The molecule has 0 amide bonds. The molecule has 8 heavy (non-hydrogen) atoms. The second-order valence-corrected chi connectivity index (χ2v) is 1.09. The molecule has 0 radical (unpaired) electrons. The van der Waals surface area contributed by atoms with Crippen LogP contribution in [0.4, 0.5) is 0 Å². The summed E-state index contributed by atoms with van der Waals surface area (Å²) in [5, 5.41) is 8.07. The zero-order chi connectivity index (χ0) is 6.24. The molecule has 0 saturated carbocycles. The van der Waals surface area contributed by atoms with Crippen molar-refractivity contribution in [3.63, 3.8) is 0 Å². The number of aliphatic hydroxyl groups is 1. The van der Waals surface area contributed by atoms with E-state index < -0.39 is 0 Å². The van der Waals surface area contributed by atoms with Crippen LogP contribution in [0.25, 0.3) is 0 Å². The first kappa shape index (κ1) is 7.84. The summed E-state index contributed by atoms with van der Waals surface area (Å²) in [5.74, 6) is 0. The normalized spacial score (nSPS) is 9.75. The van der Waals surface area contributed by atoms with Crippen LogP contribution in [0, 0.1) is 0 Å². The average molecular weight is 121 g/mol. The van der Waals surface area contributed by atoms with Crippen LogP contribution in [-0.4, -0.2) is 32.2 Å². The molecule has 0 aromatic rings. The number of nitrogens with one attached hydrogen (secondary N) is 1. The van der Waals surface area contributed by atoms with Crippen molar-refractivity contribution in [1.29, 1.82) is 0 Å². The number of hydrogen-bond acceptors (Lipinski definition) is 4. The summed E-state index contributed by atoms with van der Waals surface area (Å²) in [6.45, 7) is 0.626. The molecule has 4 heteroatoms. The zero-order valence-corrected chi connectivity index (χ0v) is 4.89. The number of rotatable bonds is 5. The summed E-state index contributed by atoms with van der Waals surface area (Å²) in [6, 6.07) is 0. The van der Waals surface area contributed by atoms with Crippen LogP contribution in [0.15, 0.2) is 0 Å². The van der Waals surface area contributed by atoms with Crippen molar-refractivity contribution in [1.82, 2.24) is 5.48 Å². The Kier molecular flexibility index (Phi) is 6.70. The van der Waals surface area contributed by atoms with Gasteiger partial charge < -0.3 is 9.84 Å². The lowest BCUT2D eigenvalue weighted by Crippen LogP contribution is -2.12. The van der Waals surface area contributed by atoms with Gasteiger partial charge >= 0.3 is 0 Å². The van der Waals surface area contributed by atoms with Gasteiger partial charge in [0.1, 0.15) is 6.79 Å². The SMILES string of the molecule is CNOCCOCO. The third kappa shape index (κ3) is 5.84. The first-order chi connectivity index (χ1) is 3.91. The highest BCUT2D eigenvalue weighted by Crippen LogP contribution is 1.69. The van der Waals surface area contributed by atoms with Gasteiger partial charge in [0.2, 0.25) is 0 Å². The molecule has 0 unspecified atom stereocenters. The van der Waals surface area contributed by atoms with Crippen LogP contribution < -0.4 is 5.48 Å². The van der Waals surface area contributed by atoms with E-state index in [4.69, 9.17) is 5.11 Å². The Bertz CT molecular complexity index is 36.3. The highest BCUT2D eigenvalue weighted by atomic mass is 16.7. The maximum atomic E-state index is 8.07. The van der Waals surface area contributed by atoms with Crippen LogP contribution >= 0.6 is 0 Å². The highest BCUT2D eigenvalue weighted by molar-refractivity contribution is 4.19. The van der Waals surface area contributed by atoms with Crippen molar-refractivity contribution >= 4 is 0 Å². The summed E-state index contributed by atoms with van der Waals surface area (Å²) in [7, 11) is 1.67. The Morgan fingerprint density at radius 1 is 1.50 bits per heavy atom. The topological polar surface area (TPSA) is 50.7 Å². The van der Waals surface area contributed by atoms with Gasteiger partial charge in [0.15, 0.2) is 0 Å². The van der Waals surface area contributed by atoms with E-state index in [1.807, 2.05) is 0 Å². The van der Waals surface area contributed by atoms with E-state index in [9.17, 15) is 0 Å². The van der Waals surface area contributed by atoms with Gasteiger partial charge in [-0.25, -0.2) is 5.48 Å². The molecular weight excluding hydrogens is 110 g/mol. The van der Waals surface area contributed by atoms with Crippen LogP contribution in [0.1, 0.15) is 0 Å². The average Bonchev–Trinajstić information content (AvgIpc) is 1.81. The quantitative estimate of drug-likeness (QED) is 0.281. The molecule has 2 N–H and O–H groups in total. The molecular formula is C4H11NO3. The Hall–Kier alpha value is -0.160. The van der Waals surface area contributed by atoms with Crippen molar-refractivity contribution in [2.24, 2.45) is 0 Å². The highest BCUT2D eigenvalue weighted by Gasteiger charge is 1.81. The van der Waals surface area contributed by atoms with Gasteiger partial charge in [0, 0.05) is 7.05 Å². The molecule has 0 aromatic carbocycles. The molecule has 0 rings (SSSR count). The zero-order valence-electron chi connectivity index (χ0n) is 4.89. The standard InChI is InChI=1S/C4H11NO3/c1-5-8-3-2-7-4-6/h5-6H,2-4H2,1H3. The van der Waals surface area contributed by atoms with Gasteiger partial charge in [-0.1, -0.05) is 0 Å². The molecule has 0 aliphatic rings. The lowest BCUT2D eigenvalue weighted by Gasteiger charge is -1.98. The molecule has 0 atom stereocenters. The van der Waals surface area contributed by atoms with Gasteiger partial charge in [-0.3, -0.25) is 4.84 Å². The van der Waals surface area contributed by atoms with Crippen LogP contribution in [-0.2, 0) is 9.57 Å². The summed E-state index contributed by atoms with van der Waals surface area (Å²) in [6.07, 6.45) is 0. The summed E-state index contributed by atoms with van der Waals surface area (Å²) >= 11 is 0. The van der Waals surface area contributed by atoms with Crippen LogP contribution in [0.5, 0.6) is 0 Å². The molecule has 4 nitrogen and oxygen atoms in total. The van der Waals surface area contributed by atoms with Gasteiger partial charge in [0.05, 0.1) is 13.2 Å². The summed E-state index contributed by atoms with van der Waals surface area (Å²) in [5.41, 5.74) is 2.46. The van der Waals surface area contributed by atoms with Crippen molar-refractivity contribution < 1.29 is 14.7 Å². The van der Waals surface area contributed by atoms with Gasteiger partial charge in [0.25, 0.3) is 0 Å². The fourth-order valence-corrected chi connectivity index (χ4v) is 0.267. The Morgan fingerprint density at radius 2 is 2.25 bits per heavy atom. The van der Waals surface area contributed by atoms with E-state index in [1.165, 1.54) is 0 Å². The molecule has 0 aliphatic heterocycles. The molecule has 50 valence electrons. The molecule has 0 aromatic heterocycles. The Morgan fingerprint density at radius 3 is 2.75 bits per heavy atom. The van der Waals surface area contributed by atoms with Crippen molar-refractivity contribution in [3.8, 4) is 0 Å². The Labute approximate surface area is 48.4 Å². The number of aliphatic hydroxyl groups excluding tert-OH is 1. The predicted molar refractivity (Wildman–Crippen MR) is 28.0 cm³/mol. The monoisotopic (exact) mass is 121 g/mol. The fraction of sp³-hybridized carbons (Fsp3) is 1.00. The maximum Gasteiger partial charge on any atom is 0.143 e. The minimum Gasteiger partial charge on any atom is -0.371 e. The molecule has 0 heterocycles. The van der Waals surface area contributed by atoms with Gasteiger partial charge in [-0.2, -0.15) is 0 Å². The fourth-order valence-electron chi connectivity index (χ4n) is 0.267. The Balaban J connectivity index is 2.53. The molecule has 0 aliphatic carbocycles. The van der Waals surface area contributed by atoms with E-state index in [-0.39, 0.29) is 6.79 Å². The van der Waals surface area contributed by atoms with E-state index in [0.29, 0.717) is 13.2 Å². The second-order valence-electron chi connectivity index (χ2n) is 1.09. The molecule has 0 bridgehead atoms. The summed E-state index contributed by atoms with van der Waals surface area (Å²) in [4.78, 5) is 4.65. The lowest BCUT2D eigenvalue weighted by atomic mass is 10.8. The van der Waals surface area contributed by atoms with E-state index in [2.05, 4.69) is 15.1 Å². The second kappa shape index (κ2) is 6.84.